The lowest BCUT2D eigenvalue weighted by Crippen LogP contribution is -2.02. The minimum Gasteiger partial charge on any atom is -0.355 e. The molecule has 1 N–H and O–H groups in total. The Morgan fingerprint density at radius 2 is 1.77 bits per heavy atom. The van der Waals surface area contributed by atoms with Gasteiger partial charge in [0.2, 0.25) is 5.12 Å². The summed E-state index contributed by atoms with van der Waals surface area (Å²) in [6.45, 7) is 2.05. The van der Waals surface area contributed by atoms with Crippen molar-refractivity contribution in [3.8, 4) is 0 Å². The van der Waals surface area contributed by atoms with E-state index in [2.05, 4.69) is 34.0 Å². The SMILES string of the molecule is Cc1cc(I)ccc1Nc1ccc(Cl)cc1C(=O)SCc1ccccc1. The van der Waals surface area contributed by atoms with Gasteiger partial charge >= 0.3 is 0 Å². The highest BCUT2D eigenvalue weighted by Crippen LogP contribution is 2.30. The van der Waals surface area contributed by atoms with Gasteiger partial charge in [0.25, 0.3) is 0 Å². The first-order chi connectivity index (χ1) is 12.5. The molecule has 0 saturated heterocycles. The predicted molar refractivity (Wildman–Crippen MR) is 121 cm³/mol. The molecule has 5 heteroatoms. The third-order valence-corrected chi connectivity index (χ3v) is 5.74. The first-order valence-corrected chi connectivity index (χ1v) is 10.5. The van der Waals surface area contributed by atoms with Gasteiger partial charge in [-0.2, -0.15) is 0 Å². The van der Waals surface area contributed by atoms with Crippen LogP contribution >= 0.6 is 46.0 Å². The molecule has 2 nitrogen and oxygen atoms in total. The fourth-order valence-electron chi connectivity index (χ4n) is 2.51. The Kier molecular flexibility index (Phi) is 6.62. The Morgan fingerprint density at radius 1 is 1.04 bits per heavy atom. The normalized spacial score (nSPS) is 10.6. The van der Waals surface area contributed by atoms with Gasteiger partial charge in [-0.1, -0.05) is 53.7 Å². The zero-order chi connectivity index (χ0) is 18.5. The lowest BCUT2D eigenvalue weighted by Gasteiger charge is -2.14. The topological polar surface area (TPSA) is 29.1 Å². The molecule has 0 aliphatic carbocycles. The van der Waals surface area contributed by atoms with Crippen LogP contribution in [0.15, 0.2) is 66.7 Å². The summed E-state index contributed by atoms with van der Waals surface area (Å²) in [4.78, 5) is 12.8. The fraction of sp³-hybridized carbons (Fsp3) is 0.0952. The van der Waals surface area contributed by atoms with Crippen LogP contribution in [-0.4, -0.2) is 5.12 Å². The minimum atomic E-state index is 0.00187. The van der Waals surface area contributed by atoms with Crippen LogP contribution in [0.4, 0.5) is 11.4 Å². The van der Waals surface area contributed by atoms with E-state index in [4.69, 9.17) is 11.6 Å². The quantitative estimate of drug-likeness (QED) is 0.385. The molecule has 26 heavy (non-hydrogen) atoms. The molecule has 0 atom stereocenters. The van der Waals surface area contributed by atoms with Crippen LogP contribution < -0.4 is 5.32 Å². The van der Waals surface area contributed by atoms with E-state index in [1.165, 1.54) is 15.3 Å². The molecule has 3 aromatic rings. The van der Waals surface area contributed by atoms with E-state index < -0.39 is 0 Å². The van der Waals surface area contributed by atoms with Gasteiger partial charge in [-0.05, 0) is 77.0 Å². The first kappa shape index (κ1) is 19.3. The second-order valence-electron chi connectivity index (χ2n) is 5.84. The molecule has 0 aromatic heterocycles. The van der Waals surface area contributed by atoms with Crippen molar-refractivity contribution in [2.75, 3.05) is 5.32 Å². The summed E-state index contributed by atoms with van der Waals surface area (Å²) in [5, 5.41) is 3.93. The maximum atomic E-state index is 12.8. The van der Waals surface area contributed by atoms with E-state index >= 15 is 0 Å². The van der Waals surface area contributed by atoms with Crippen LogP contribution in [0.5, 0.6) is 0 Å². The summed E-state index contributed by atoms with van der Waals surface area (Å²) < 4.78 is 1.18. The molecule has 0 bridgehead atoms. The number of nitrogens with one attached hydrogen (secondary N) is 1. The van der Waals surface area contributed by atoms with Gasteiger partial charge < -0.3 is 5.32 Å². The average molecular weight is 494 g/mol. The molecule has 3 aromatic carbocycles. The number of hydrogen-bond acceptors (Lipinski definition) is 3. The first-order valence-electron chi connectivity index (χ1n) is 8.07. The van der Waals surface area contributed by atoms with E-state index in [1.54, 1.807) is 12.1 Å². The maximum Gasteiger partial charge on any atom is 0.221 e. The smallest absolute Gasteiger partial charge is 0.221 e. The summed E-state index contributed by atoms with van der Waals surface area (Å²) in [7, 11) is 0. The number of hydrogen-bond donors (Lipinski definition) is 1. The Bertz CT molecular complexity index is 931. The molecular weight excluding hydrogens is 477 g/mol. The van der Waals surface area contributed by atoms with Crippen LogP contribution in [-0.2, 0) is 5.75 Å². The van der Waals surface area contributed by atoms with E-state index in [1.807, 2.05) is 55.5 Å². The van der Waals surface area contributed by atoms with E-state index in [9.17, 15) is 4.79 Å². The van der Waals surface area contributed by atoms with Crippen molar-refractivity contribution in [2.24, 2.45) is 0 Å². The highest BCUT2D eigenvalue weighted by Gasteiger charge is 2.14. The second kappa shape index (κ2) is 8.93. The summed E-state index contributed by atoms with van der Waals surface area (Å²) in [5.74, 6) is 0.633. The summed E-state index contributed by atoms with van der Waals surface area (Å²) in [6.07, 6.45) is 0. The average Bonchev–Trinajstić information content (AvgIpc) is 2.64. The molecule has 0 heterocycles. The molecular formula is C21H17ClINOS. The highest BCUT2D eigenvalue weighted by atomic mass is 127. The van der Waals surface area contributed by atoms with Crippen molar-refractivity contribution < 1.29 is 4.79 Å². The number of anilines is 2. The Morgan fingerprint density at radius 3 is 2.50 bits per heavy atom. The summed E-state index contributed by atoms with van der Waals surface area (Å²) in [6, 6.07) is 21.5. The molecule has 3 rings (SSSR count). The monoisotopic (exact) mass is 493 g/mol. The van der Waals surface area contributed by atoms with Crippen molar-refractivity contribution >= 4 is 62.4 Å². The van der Waals surface area contributed by atoms with Crippen LogP contribution in [0.1, 0.15) is 21.5 Å². The fourth-order valence-corrected chi connectivity index (χ4v) is 4.14. The van der Waals surface area contributed by atoms with Gasteiger partial charge in [0.05, 0.1) is 11.3 Å². The van der Waals surface area contributed by atoms with Gasteiger partial charge in [-0.15, -0.1) is 0 Å². The number of carbonyl (C=O) groups excluding carboxylic acids is 1. The van der Waals surface area contributed by atoms with Gasteiger partial charge in [0.1, 0.15) is 0 Å². The number of rotatable bonds is 5. The molecule has 132 valence electrons. The van der Waals surface area contributed by atoms with Crippen molar-refractivity contribution in [3.05, 3.63) is 92.0 Å². The Hall–Kier alpha value is -1.50. The zero-order valence-corrected chi connectivity index (χ0v) is 17.9. The lowest BCUT2D eigenvalue weighted by molar-refractivity contribution is 0.108. The van der Waals surface area contributed by atoms with Gasteiger partial charge in [-0.3, -0.25) is 4.79 Å². The second-order valence-corrected chi connectivity index (χ2v) is 8.47. The number of benzene rings is 3. The number of carbonyl (C=O) groups is 1. The lowest BCUT2D eigenvalue weighted by atomic mass is 10.1. The molecule has 0 radical (unpaired) electrons. The third-order valence-electron chi connectivity index (χ3n) is 3.87. The molecule has 0 unspecified atom stereocenters. The van der Waals surface area contributed by atoms with Crippen molar-refractivity contribution in [1.82, 2.24) is 0 Å². The molecule has 0 aliphatic rings. The standard InChI is InChI=1S/C21H17ClINOS/c1-14-11-17(23)8-10-19(14)24-20-9-7-16(22)12-18(20)21(25)26-13-15-5-3-2-4-6-15/h2-12,24H,13H2,1H3. The Labute approximate surface area is 176 Å². The molecule has 0 saturated carbocycles. The van der Waals surface area contributed by atoms with Crippen molar-refractivity contribution in [2.45, 2.75) is 12.7 Å². The number of aryl methyl sites for hydroxylation is 1. The number of thioether (sulfide) groups is 1. The van der Waals surface area contributed by atoms with E-state index in [0.717, 1.165) is 22.5 Å². The van der Waals surface area contributed by atoms with Crippen LogP contribution in [0, 0.1) is 10.5 Å². The van der Waals surface area contributed by atoms with Crippen LogP contribution in [0.25, 0.3) is 0 Å². The Balaban J connectivity index is 1.82. The molecule has 0 spiro atoms. The summed E-state index contributed by atoms with van der Waals surface area (Å²) in [5.41, 5.74) is 4.59. The molecule has 0 aliphatic heterocycles. The van der Waals surface area contributed by atoms with Crippen LogP contribution in [0.2, 0.25) is 5.02 Å². The summed E-state index contributed by atoms with van der Waals surface area (Å²) >= 11 is 9.72. The predicted octanol–water partition coefficient (Wildman–Crippen LogP) is 7.07. The minimum absolute atomic E-state index is 0.00187. The van der Waals surface area contributed by atoms with Crippen molar-refractivity contribution in [3.63, 3.8) is 0 Å². The van der Waals surface area contributed by atoms with E-state index in [-0.39, 0.29) is 5.12 Å². The van der Waals surface area contributed by atoms with Crippen LogP contribution in [0.3, 0.4) is 0 Å². The third kappa shape index (κ3) is 5.02. The molecule has 0 amide bonds. The highest BCUT2D eigenvalue weighted by molar-refractivity contribution is 14.1. The number of halogens is 2. The van der Waals surface area contributed by atoms with E-state index in [0.29, 0.717) is 16.3 Å². The molecule has 0 fully saturated rings. The zero-order valence-electron chi connectivity index (χ0n) is 14.1. The van der Waals surface area contributed by atoms with Gasteiger partial charge in [-0.25, -0.2) is 0 Å². The van der Waals surface area contributed by atoms with Gasteiger partial charge in [0.15, 0.2) is 0 Å². The van der Waals surface area contributed by atoms with Gasteiger partial charge in [0, 0.05) is 20.0 Å². The largest absolute Gasteiger partial charge is 0.355 e. The van der Waals surface area contributed by atoms with Crippen molar-refractivity contribution in [1.29, 1.82) is 0 Å². The maximum absolute atomic E-state index is 12.8.